The van der Waals surface area contributed by atoms with Crippen LogP contribution in [0, 0.1) is 6.92 Å². The molecule has 3 N–H and O–H groups in total. The van der Waals surface area contributed by atoms with Crippen LogP contribution in [0.5, 0.6) is 0 Å². The summed E-state index contributed by atoms with van der Waals surface area (Å²) in [6, 6.07) is 9.36. The van der Waals surface area contributed by atoms with Gasteiger partial charge in [0, 0.05) is 38.3 Å². The lowest BCUT2D eigenvalue weighted by molar-refractivity contribution is 0.385. The van der Waals surface area contributed by atoms with Crippen molar-refractivity contribution in [2.24, 2.45) is 0 Å². The minimum absolute atomic E-state index is 0.415. The van der Waals surface area contributed by atoms with Gasteiger partial charge >= 0.3 is 0 Å². The number of rotatable bonds is 6. The number of fused-ring (bicyclic) bond motifs is 1. The van der Waals surface area contributed by atoms with Crippen molar-refractivity contribution in [1.82, 2.24) is 20.6 Å². The molecule has 172 valence electrons. The van der Waals surface area contributed by atoms with Gasteiger partial charge in [-0.3, -0.25) is 0 Å². The van der Waals surface area contributed by atoms with E-state index in [1.165, 1.54) is 35.2 Å². The molecule has 1 aromatic heterocycles. The van der Waals surface area contributed by atoms with E-state index >= 15 is 0 Å². The van der Waals surface area contributed by atoms with Gasteiger partial charge in [0.1, 0.15) is 5.82 Å². The van der Waals surface area contributed by atoms with Gasteiger partial charge in [0.2, 0.25) is 5.95 Å². The highest BCUT2D eigenvalue weighted by Crippen LogP contribution is 2.29. The summed E-state index contributed by atoms with van der Waals surface area (Å²) in [6.07, 6.45) is 9.00. The third-order valence-electron chi connectivity index (χ3n) is 6.52. The van der Waals surface area contributed by atoms with Crippen molar-refractivity contribution < 1.29 is 0 Å². The Morgan fingerprint density at radius 1 is 1.06 bits per heavy atom. The summed E-state index contributed by atoms with van der Waals surface area (Å²) in [5.41, 5.74) is 5.10. The number of hydrogen-bond acceptors (Lipinski definition) is 5. The number of nitrogens with zero attached hydrogens (tertiary/aromatic N) is 3. The molecule has 0 spiro atoms. The van der Waals surface area contributed by atoms with E-state index in [0.717, 1.165) is 61.9 Å². The first-order chi connectivity index (χ1) is 15.5. The molecule has 1 saturated carbocycles. The fraction of sp³-hybridized carbons (Fsp3) is 0.560. The number of hydrogen-bond donors (Lipinski definition) is 3. The highest BCUT2D eigenvalue weighted by molar-refractivity contribution is 7.80. The lowest BCUT2D eigenvalue weighted by Crippen LogP contribution is -2.44. The molecular formula is C25H36N6S. The maximum absolute atomic E-state index is 5.53. The molecule has 7 heteroatoms. The van der Waals surface area contributed by atoms with Crippen LogP contribution >= 0.6 is 12.2 Å². The molecule has 32 heavy (non-hydrogen) atoms. The smallest absolute Gasteiger partial charge is 0.225 e. The van der Waals surface area contributed by atoms with Gasteiger partial charge < -0.3 is 20.9 Å². The van der Waals surface area contributed by atoms with Crippen LogP contribution in [0.1, 0.15) is 60.9 Å². The molecule has 0 amide bonds. The maximum Gasteiger partial charge on any atom is 0.225 e. The molecule has 1 fully saturated rings. The lowest BCUT2D eigenvalue weighted by Gasteiger charge is -2.31. The van der Waals surface area contributed by atoms with E-state index in [4.69, 9.17) is 22.2 Å². The molecule has 0 aliphatic heterocycles. The van der Waals surface area contributed by atoms with Crippen molar-refractivity contribution in [2.45, 2.75) is 76.9 Å². The van der Waals surface area contributed by atoms with E-state index in [-0.39, 0.29) is 0 Å². The zero-order valence-electron chi connectivity index (χ0n) is 19.6. The second kappa shape index (κ2) is 10.5. The van der Waals surface area contributed by atoms with E-state index in [1.807, 2.05) is 0 Å². The SMILES string of the molecule is Cc1cccc(CNC(=S)N[C@H]2CC[C@@H](Nc3nc4c(c(N(C)C)n3)CCCC4)CC2)c1. The summed E-state index contributed by atoms with van der Waals surface area (Å²) in [6.45, 7) is 2.87. The molecular weight excluding hydrogens is 416 g/mol. The van der Waals surface area contributed by atoms with Gasteiger partial charge in [0.05, 0.1) is 5.69 Å². The largest absolute Gasteiger partial charge is 0.362 e. The maximum atomic E-state index is 5.53. The predicted molar refractivity (Wildman–Crippen MR) is 136 cm³/mol. The minimum Gasteiger partial charge on any atom is -0.362 e. The van der Waals surface area contributed by atoms with Crippen LogP contribution in [0.3, 0.4) is 0 Å². The molecule has 2 aliphatic rings. The van der Waals surface area contributed by atoms with Crippen LogP contribution in [-0.4, -0.2) is 41.3 Å². The van der Waals surface area contributed by atoms with Crippen LogP contribution in [0.4, 0.5) is 11.8 Å². The lowest BCUT2D eigenvalue weighted by atomic mass is 9.91. The number of aryl methyl sites for hydroxylation is 2. The third kappa shape index (κ3) is 5.88. The van der Waals surface area contributed by atoms with Crippen LogP contribution in [0.2, 0.25) is 0 Å². The molecule has 0 unspecified atom stereocenters. The Morgan fingerprint density at radius 2 is 1.81 bits per heavy atom. The predicted octanol–water partition coefficient (Wildman–Crippen LogP) is 4.12. The Balaban J connectivity index is 1.26. The molecule has 1 aromatic carbocycles. The fourth-order valence-electron chi connectivity index (χ4n) is 4.81. The van der Waals surface area contributed by atoms with E-state index in [1.54, 1.807) is 0 Å². The Labute approximate surface area is 197 Å². The molecule has 0 radical (unpaired) electrons. The van der Waals surface area contributed by atoms with E-state index in [2.05, 4.69) is 66.1 Å². The second-order valence-corrected chi connectivity index (χ2v) is 9.81. The highest BCUT2D eigenvalue weighted by Gasteiger charge is 2.24. The Kier molecular flexibility index (Phi) is 7.45. The highest BCUT2D eigenvalue weighted by atomic mass is 32.1. The first-order valence-corrected chi connectivity index (χ1v) is 12.3. The first kappa shape index (κ1) is 22.8. The van der Waals surface area contributed by atoms with Crippen molar-refractivity contribution in [3.8, 4) is 0 Å². The van der Waals surface area contributed by atoms with Gasteiger partial charge in [-0.05, 0) is 76.1 Å². The standard InChI is InChI=1S/C25H36N6S/c1-17-7-6-8-18(15-17)16-26-25(32)28-20-13-11-19(12-14-20)27-24-29-22-10-5-4-9-21(22)23(30-24)31(2)3/h6-8,15,19-20H,4-5,9-14,16H2,1-3H3,(H2,26,28,32)(H,27,29,30)/t19-,20+. The number of aromatic nitrogens is 2. The number of thiocarbonyl (C=S) groups is 1. The number of anilines is 2. The monoisotopic (exact) mass is 452 g/mol. The van der Waals surface area contributed by atoms with E-state index < -0.39 is 0 Å². The van der Waals surface area contributed by atoms with Crippen LogP contribution in [-0.2, 0) is 19.4 Å². The molecule has 2 aromatic rings. The molecule has 2 aliphatic carbocycles. The third-order valence-corrected chi connectivity index (χ3v) is 6.78. The van der Waals surface area contributed by atoms with Crippen LogP contribution in [0.15, 0.2) is 24.3 Å². The molecule has 0 saturated heterocycles. The summed E-state index contributed by atoms with van der Waals surface area (Å²) in [5, 5.41) is 11.2. The Bertz CT molecular complexity index is 936. The topological polar surface area (TPSA) is 65.1 Å². The van der Waals surface area contributed by atoms with Gasteiger partial charge in [-0.1, -0.05) is 29.8 Å². The fourth-order valence-corrected chi connectivity index (χ4v) is 5.05. The van der Waals surface area contributed by atoms with E-state index in [9.17, 15) is 0 Å². The zero-order valence-corrected chi connectivity index (χ0v) is 20.4. The molecule has 1 heterocycles. The number of benzene rings is 1. The zero-order chi connectivity index (χ0) is 22.5. The van der Waals surface area contributed by atoms with Gasteiger partial charge in [0.15, 0.2) is 5.11 Å². The average Bonchev–Trinajstić information content (AvgIpc) is 2.78. The number of nitrogens with one attached hydrogen (secondary N) is 3. The Hall–Kier alpha value is -2.41. The van der Waals surface area contributed by atoms with Crippen molar-refractivity contribution in [3.05, 3.63) is 46.6 Å². The summed E-state index contributed by atoms with van der Waals surface area (Å²) in [7, 11) is 4.15. The summed E-state index contributed by atoms with van der Waals surface area (Å²) >= 11 is 5.53. The molecule has 4 rings (SSSR count). The van der Waals surface area contributed by atoms with Crippen molar-refractivity contribution >= 4 is 29.1 Å². The molecule has 0 bridgehead atoms. The second-order valence-electron chi connectivity index (χ2n) is 9.41. The summed E-state index contributed by atoms with van der Waals surface area (Å²) < 4.78 is 0. The van der Waals surface area contributed by atoms with Gasteiger partial charge in [-0.15, -0.1) is 0 Å². The normalized spacial score (nSPS) is 20.2. The quantitative estimate of drug-likeness (QED) is 0.570. The van der Waals surface area contributed by atoms with Crippen molar-refractivity contribution in [1.29, 1.82) is 0 Å². The average molecular weight is 453 g/mol. The summed E-state index contributed by atoms with van der Waals surface area (Å²) in [4.78, 5) is 11.9. The van der Waals surface area contributed by atoms with Gasteiger partial charge in [-0.2, -0.15) is 4.98 Å². The van der Waals surface area contributed by atoms with Crippen LogP contribution in [0.25, 0.3) is 0 Å². The van der Waals surface area contributed by atoms with E-state index in [0.29, 0.717) is 12.1 Å². The summed E-state index contributed by atoms with van der Waals surface area (Å²) in [5.74, 6) is 1.87. The first-order valence-electron chi connectivity index (χ1n) is 11.9. The van der Waals surface area contributed by atoms with Gasteiger partial charge in [0.25, 0.3) is 0 Å². The minimum atomic E-state index is 0.415. The molecule has 0 atom stereocenters. The van der Waals surface area contributed by atoms with Crippen molar-refractivity contribution in [3.63, 3.8) is 0 Å². The van der Waals surface area contributed by atoms with Crippen molar-refractivity contribution in [2.75, 3.05) is 24.3 Å². The van der Waals surface area contributed by atoms with Gasteiger partial charge in [-0.25, -0.2) is 4.98 Å². The molecule has 6 nitrogen and oxygen atoms in total. The van der Waals surface area contributed by atoms with Crippen LogP contribution < -0.4 is 20.9 Å². The Morgan fingerprint density at radius 3 is 2.56 bits per heavy atom.